The van der Waals surface area contributed by atoms with E-state index in [-0.39, 0.29) is 11.1 Å². The van der Waals surface area contributed by atoms with Gasteiger partial charge in [-0.1, -0.05) is 32.9 Å². The van der Waals surface area contributed by atoms with Crippen molar-refractivity contribution in [2.24, 2.45) is 0 Å². The largest absolute Gasteiger partial charge is 0.543 e. The van der Waals surface area contributed by atoms with Crippen molar-refractivity contribution in [3.05, 3.63) is 40.0 Å². The fourth-order valence-electron chi connectivity index (χ4n) is 2.80. The van der Waals surface area contributed by atoms with Crippen LogP contribution in [0.4, 0.5) is 4.79 Å². The van der Waals surface area contributed by atoms with Gasteiger partial charge in [-0.25, -0.2) is 9.36 Å². The van der Waals surface area contributed by atoms with E-state index in [9.17, 15) is 4.79 Å². The highest BCUT2D eigenvalue weighted by Gasteiger charge is 2.39. The van der Waals surface area contributed by atoms with E-state index in [1.54, 1.807) is 4.57 Å². The Labute approximate surface area is 168 Å². The molecule has 2 aromatic carbocycles. The second-order valence-electron chi connectivity index (χ2n) is 7.98. The van der Waals surface area contributed by atoms with Gasteiger partial charge in [0.1, 0.15) is 5.75 Å². The average Bonchev–Trinajstić information content (AvgIpc) is 2.88. The molecular weight excluding hydrogens is 457 g/mol. The monoisotopic (exact) mass is 481 g/mol. The number of rotatable bonds is 2. The van der Waals surface area contributed by atoms with Crippen LogP contribution in [0.2, 0.25) is 18.1 Å². The number of carbonyl (C=O) groups is 1. The Morgan fingerprint density at radius 3 is 2.42 bits per heavy atom. The van der Waals surface area contributed by atoms with Crippen molar-refractivity contribution in [2.45, 2.75) is 38.9 Å². The first-order valence-electron chi connectivity index (χ1n) is 8.57. The Bertz CT molecular complexity index is 1000. The van der Waals surface area contributed by atoms with Crippen LogP contribution >= 0.6 is 22.6 Å². The molecule has 0 aliphatic heterocycles. The van der Waals surface area contributed by atoms with E-state index in [2.05, 4.69) is 56.5 Å². The topological polar surface area (TPSA) is 40.5 Å². The number of carbonyl (C=O) groups excluding carboxylic acids is 1. The molecule has 0 unspecified atom stereocenters. The summed E-state index contributed by atoms with van der Waals surface area (Å²) in [6.07, 6.45) is -0.382. The third-order valence-corrected chi connectivity index (χ3v) is 10.5. The molecule has 0 radical (unpaired) electrons. The van der Waals surface area contributed by atoms with Crippen molar-refractivity contribution in [3.8, 4) is 5.75 Å². The fourth-order valence-corrected chi connectivity index (χ4v) is 4.56. The zero-order valence-corrected chi connectivity index (χ0v) is 19.2. The molecule has 138 valence electrons. The number of ether oxygens (including phenoxy) is 1. The molecule has 0 bridgehead atoms. The lowest BCUT2D eigenvalue weighted by molar-refractivity contribution is 0.175. The van der Waals surface area contributed by atoms with Crippen LogP contribution < -0.4 is 4.43 Å². The van der Waals surface area contributed by atoms with E-state index in [0.717, 1.165) is 31.1 Å². The minimum atomic E-state index is -1.93. The van der Waals surface area contributed by atoms with Gasteiger partial charge in [0.15, 0.2) is 0 Å². The van der Waals surface area contributed by atoms with Gasteiger partial charge in [0.25, 0.3) is 0 Å². The van der Waals surface area contributed by atoms with Crippen molar-refractivity contribution in [2.75, 3.05) is 7.11 Å². The SMILES string of the molecule is COC(=O)n1c2ccc(O[Si](C)(C)C(C)(C)C)cc2c2cccc(I)c21. The van der Waals surface area contributed by atoms with E-state index in [0.29, 0.717) is 0 Å². The normalized spacial score (nSPS) is 12.6. The van der Waals surface area contributed by atoms with Crippen LogP contribution in [0, 0.1) is 3.57 Å². The molecular formula is C20H24INO3Si. The number of halogens is 1. The van der Waals surface area contributed by atoms with Crippen molar-refractivity contribution >= 4 is 58.8 Å². The molecule has 0 aliphatic carbocycles. The predicted molar refractivity (Wildman–Crippen MR) is 118 cm³/mol. The van der Waals surface area contributed by atoms with E-state index < -0.39 is 8.32 Å². The number of benzene rings is 2. The molecule has 3 aromatic rings. The van der Waals surface area contributed by atoms with Crippen molar-refractivity contribution in [1.82, 2.24) is 4.57 Å². The third kappa shape index (κ3) is 3.13. The van der Waals surface area contributed by atoms with Crippen LogP contribution in [-0.4, -0.2) is 26.1 Å². The first kappa shape index (κ1) is 19.2. The Kier molecular flexibility index (Phi) is 4.85. The molecule has 0 atom stereocenters. The van der Waals surface area contributed by atoms with Crippen molar-refractivity contribution < 1.29 is 14.0 Å². The van der Waals surface area contributed by atoms with Crippen molar-refractivity contribution in [3.63, 3.8) is 0 Å². The lowest BCUT2D eigenvalue weighted by Crippen LogP contribution is -2.43. The van der Waals surface area contributed by atoms with Crippen LogP contribution in [0.1, 0.15) is 20.8 Å². The lowest BCUT2D eigenvalue weighted by atomic mass is 10.1. The molecule has 0 amide bonds. The van der Waals surface area contributed by atoms with Gasteiger partial charge in [0.05, 0.1) is 18.1 Å². The quantitative estimate of drug-likeness (QED) is 0.314. The van der Waals surface area contributed by atoms with Crippen LogP contribution in [0.5, 0.6) is 5.75 Å². The summed E-state index contributed by atoms with van der Waals surface area (Å²) in [4.78, 5) is 12.4. The zero-order valence-electron chi connectivity index (χ0n) is 16.0. The summed E-state index contributed by atoms with van der Waals surface area (Å²) in [5, 5.41) is 2.15. The summed E-state index contributed by atoms with van der Waals surface area (Å²) in [7, 11) is -0.526. The molecule has 4 nitrogen and oxygen atoms in total. The number of para-hydroxylation sites is 1. The molecule has 6 heteroatoms. The highest BCUT2D eigenvalue weighted by atomic mass is 127. The number of fused-ring (bicyclic) bond motifs is 3. The lowest BCUT2D eigenvalue weighted by Gasteiger charge is -2.36. The van der Waals surface area contributed by atoms with Crippen LogP contribution in [-0.2, 0) is 4.74 Å². The fraction of sp³-hybridized carbons (Fsp3) is 0.350. The summed E-state index contributed by atoms with van der Waals surface area (Å²) in [5.74, 6) is 0.854. The molecule has 0 fully saturated rings. The van der Waals surface area contributed by atoms with Crippen LogP contribution in [0.25, 0.3) is 21.8 Å². The Morgan fingerprint density at radius 1 is 1.12 bits per heavy atom. The second kappa shape index (κ2) is 6.56. The van der Waals surface area contributed by atoms with Gasteiger partial charge in [-0.3, -0.25) is 0 Å². The number of hydrogen-bond acceptors (Lipinski definition) is 3. The third-order valence-electron chi connectivity index (χ3n) is 5.25. The summed E-state index contributed by atoms with van der Waals surface area (Å²) in [6.45, 7) is 11.1. The molecule has 1 aromatic heterocycles. The average molecular weight is 481 g/mol. The molecule has 26 heavy (non-hydrogen) atoms. The highest BCUT2D eigenvalue weighted by Crippen LogP contribution is 2.39. The standard InChI is InChI=1S/C20H24INO3Si/c1-20(2,3)26(5,6)25-13-10-11-17-15(12-13)14-8-7-9-16(21)18(14)22(17)19(23)24-4/h7-12H,1-6H3. The molecule has 0 N–H and O–H groups in total. The van der Waals surface area contributed by atoms with Gasteiger partial charge in [0.2, 0.25) is 8.32 Å². The molecule has 1 heterocycles. The van der Waals surface area contributed by atoms with E-state index in [1.165, 1.54) is 7.11 Å². The second-order valence-corrected chi connectivity index (χ2v) is 13.9. The predicted octanol–water partition coefficient (Wildman–Crippen LogP) is 6.40. The minimum absolute atomic E-state index is 0.122. The summed E-state index contributed by atoms with van der Waals surface area (Å²) in [6, 6.07) is 12.0. The summed E-state index contributed by atoms with van der Waals surface area (Å²) in [5.41, 5.74) is 1.71. The molecule has 3 rings (SSSR count). The van der Waals surface area contributed by atoms with Gasteiger partial charge >= 0.3 is 6.09 Å². The number of methoxy groups -OCH3 is 1. The molecule has 0 spiro atoms. The molecule has 0 saturated heterocycles. The first-order valence-corrected chi connectivity index (χ1v) is 12.6. The zero-order chi connectivity index (χ0) is 19.3. The highest BCUT2D eigenvalue weighted by molar-refractivity contribution is 14.1. The van der Waals surface area contributed by atoms with Gasteiger partial charge < -0.3 is 9.16 Å². The maximum absolute atomic E-state index is 12.4. The van der Waals surface area contributed by atoms with Crippen LogP contribution in [0.3, 0.4) is 0 Å². The van der Waals surface area contributed by atoms with E-state index >= 15 is 0 Å². The van der Waals surface area contributed by atoms with Gasteiger partial charge in [0, 0.05) is 14.3 Å². The van der Waals surface area contributed by atoms with E-state index in [4.69, 9.17) is 9.16 Å². The van der Waals surface area contributed by atoms with Crippen LogP contribution in [0.15, 0.2) is 36.4 Å². The number of nitrogens with zero attached hydrogens (tertiary/aromatic N) is 1. The Balaban J connectivity index is 2.24. The van der Waals surface area contributed by atoms with Gasteiger partial charge in [-0.05, 0) is 65.0 Å². The summed E-state index contributed by atoms with van der Waals surface area (Å²) >= 11 is 2.26. The Hall–Kier alpha value is -1.54. The maximum Gasteiger partial charge on any atom is 0.418 e. The first-order chi connectivity index (χ1) is 12.1. The molecule has 0 aliphatic rings. The van der Waals surface area contributed by atoms with Gasteiger partial charge in [-0.15, -0.1) is 0 Å². The Morgan fingerprint density at radius 2 is 1.81 bits per heavy atom. The minimum Gasteiger partial charge on any atom is -0.543 e. The van der Waals surface area contributed by atoms with Gasteiger partial charge in [-0.2, -0.15) is 0 Å². The van der Waals surface area contributed by atoms with Crippen molar-refractivity contribution in [1.29, 1.82) is 0 Å². The number of aromatic nitrogens is 1. The smallest absolute Gasteiger partial charge is 0.418 e. The maximum atomic E-state index is 12.4. The molecule has 0 saturated carbocycles. The van der Waals surface area contributed by atoms with E-state index in [1.807, 2.05) is 36.4 Å². The number of hydrogen-bond donors (Lipinski definition) is 0. The summed E-state index contributed by atoms with van der Waals surface area (Å²) < 4.78 is 14.1.